The van der Waals surface area contributed by atoms with Crippen LogP contribution in [0.1, 0.15) is 62.5 Å². The van der Waals surface area contributed by atoms with E-state index in [0.717, 1.165) is 33.8 Å². The van der Waals surface area contributed by atoms with E-state index < -0.39 is 11.6 Å². The second-order valence-corrected chi connectivity index (χ2v) is 10.8. The zero-order valence-corrected chi connectivity index (χ0v) is 20.8. The number of aromatic nitrogens is 2. The summed E-state index contributed by atoms with van der Waals surface area (Å²) in [6, 6.07) is 9.60. The smallest absolute Gasteiger partial charge is 0.325 e. The molecule has 4 amide bonds. The SMILES string of the molecule is Cc1nn(Cc2ccccc2)c(C)c1CNC(=O)CN1C(=O)NC2(CC(C)CC(C)(C)C2)C1=O. The predicted octanol–water partition coefficient (Wildman–Crippen LogP) is 3.30. The molecule has 8 nitrogen and oxygen atoms in total. The molecule has 0 bridgehead atoms. The Morgan fingerprint density at radius 3 is 2.56 bits per heavy atom. The molecule has 1 aromatic carbocycles. The molecule has 2 atom stereocenters. The van der Waals surface area contributed by atoms with Crippen molar-refractivity contribution in [2.45, 2.75) is 72.5 Å². The molecule has 1 spiro atoms. The average molecular weight is 466 g/mol. The lowest BCUT2D eigenvalue weighted by Crippen LogP contribution is -2.54. The third kappa shape index (κ3) is 4.72. The van der Waals surface area contributed by atoms with E-state index in [1.54, 1.807) is 0 Å². The molecule has 1 aliphatic carbocycles. The van der Waals surface area contributed by atoms with Gasteiger partial charge >= 0.3 is 6.03 Å². The number of imide groups is 1. The van der Waals surface area contributed by atoms with Gasteiger partial charge < -0.3 is 10.6 Å². The maximum atomic E-state index is 13.3. The number of carbonyl (C=O) groups is 3. The first-order valence-electron chi connectivity index (χ1n) is 12.0. The van der Waals surface area contributed by atoms with Gasteiger partial charge in [0.1, 0.15) is 12.1 Å². The standard InChI is InChI=1S/C26H35N5O3/c1-17-11-25(4,5)16-26(12-17)23(33)30(24(34)28-26)15-22(32)27-13-21-18(2)29-31(19(21)3)14-20-9-7-6-8-10-20/h6-10,17H,11-16H2,1-5H3,(H,27,32)(H,28,34). The molecule has 2 heterocycles. The molecule has 182 valence electrons. The summed E-state index contributed by atoms with van der Waals surface area (Å²) < 4.78 is 1.93. The molecule has 1 saturated carbocycles. The van der Waals surface area contributed by atoms with Gasteiger partial charge in [0.15, 0.2) is 0 Å². The van der Waals surface area contributed by atoms with Crippen LogP contribution in [0.3, 0.4) is 0 Å². The molecule has 34 heavy (non-hydrogen) atoms. The monoisotopic (exact) mass is 465 g/mol. The van der Waals surface area contributed by atoms with Crippen LogP contribution in [-0.2, 0) is 22.7 Å². The van der Waals surface area contributed by atoms with Crippen molar-refractivity contribution in [1.29, 1.82) is 0 Å². The maximum Gasteiger partial charge on any atom is 0.325 e. The van der Waals surface area contributed by atoms with Gasteiger partial charge in [-0.1, -0.05) is 51.1 Å². The molecule has 4 rings (SSSR count). The number of hydrogen-bond acceptors (Lipinski definition) is 4. The van der Waals surface area contributed by atoms with Gasteiger partial charge in [0.25, 0.3) is 5.91 Å². The number of nitrogens with one attached hydrogen (secondary N) is 2. The number of nitrogens with zero attached hydrogens (tertiary/aromatic N) is 3. The normalized spacial score (nSPS) is 23.9. The van der Waals surface area contributed by atoms with Gasteiger partial charge in [0, 0.05) is 17.8 Å². The van der Waals surface area contributed by atoms with Gasteiger partial charge in [-0.15, -0.1) is 0 Å². The second-order valence-electron chi connectivity index (χ2n) is 10.8. The molecule has 2 fully saturated rings. The van der Waals surface area contributed by atoms with E-state index in [4.69, 9.17) is 0 Å². The highest BCUT2D eigenvalue weighted by Crippen LogP contribution is 2.46. The lowest BCUT2D eigenvalue weighted by Gasteiger charge is -2.43. The van der Waals surface area contributed by atoms with Crippen molar-refractivity contribution in [2.75, 3.05) is 6.54 Å². The quantitative estimate of drug-likeness (QED) is 0.640. The molecule has 1 aromatic heterocycles. The lowest BCUT2D eigenvalue weighted by atomic mass is 9.64. The van der Waals surface area contributed by atoms with Crippen LogP contribution < -0.4 is 10.6 Å². The molecule has 1 saturated heterocycles. The number of urea groups is 1. The first kappa shape index (κ1) is 24.0. The Kier molecular flexibility index (Phi) is 6.27. The van der Waals surface area contributed by atoms with Crippen molar-refractivity contribution in [2.24, 2.45) is 11.3 Å². The van der Waals surface area contributed by atoms with Crippen LogP contribution in [0, 0.1) is 25.2 Å². The Bertz CT molecular complexity index is 1110. The summed E-state index contributed by atoms with van der Waals surface area (Å²) >= 11 is 0. The second kappa shape index (κ2) is 8.89. The Morgan fingerprint density at radius 2 is 1.88 bits per heavy atom. The lowest BCUT2D eigenvalue weighted by molar-refractivity contribution is -0.137. The van der Waals surface area contributed by atoms with E-state index in [-0.39, 0.29) is 23.8 Å². The molecular formula is C26H35N5O3. The highest BCUT2D eigenvalue weighted by Gasteiger charge is 2.56. The van der Waals surface area contributed by atoms with Crippen molar-refractivity contribution < 1.29 is 14.4 Å². The highest BCUT2D eigenvalue weighted by atomic mass is 16.2. The van der Waals surface area contributed by atoms with Gasteiger partial charge in [-0.2, -0.15) is 5.10 Å². The van der Waals surface area contributed by atoms with Gasteiger partial charge in [-0.3, -0.25) is 19.2 Å². The number of carbonyl (C=O) groups excluding carboxylic acids is 3. The minimum absolute atomic E-state index is 0.0478. The number of aryl methyl sites for hydroxylation is 1. The number of amides is 4. The molecule has 2 unspecified atom stereocenters. The van der Waals surface area contributed by atoms with Crippen molar-refractivity contribution in [3.63, 3.8) is 0 Å². The van der Waals surface area contributed by atoms with Crippen LogP contribution in [0.15, 0.2) is 30.3 Å². The average Bonchev–Trinajstić information content (AvgIpc) is 3.12. The molecular weight excluding hydrogens is 430 g/mol. The maximum absolute atomic E-state index is 13.3. The summed E-state index contributed by atoms with van der Waals surface area (Å²) in [4.78, 5) is 39.7. The van der Waals surface area contributed by atoms with Crippen molar-refractivity contribution in [3.8, 4) is 0 Å². The van der Waals surface area contributed by atoms with E-state index in [1.807, 2.05) is 36.7 Å². The van der Waals surface area contributed by atoms with E-state index in [2.05, 4.69) is 48.6 Å². The molecule has 1 aliphatic heterocycles. The third-order valence-electron chi connectivity index (χ3n) is 7.09. The zero-order valence-electron chi connectivity index (χ0n) is 20.8. The van der Waals surface area contributed by atoms with Crippen molar-refractivity contribution in [3.05, 3.63) is 52.8 Å². The van der Waals surface area contributed by atoms with Gasteiger partial charge in [0.05, 0.1) is 12.2 Å². The number of benzene rings is 1. The molecule has 2 aliphatic rings. The van der Waals surface area contributed by atoms with Gasteiger partial charge in [0.2, 0.25) is 5.91 Å². The van der Waals surface area contributed by atoms with E-state index >= 15 is 0 Å². The predicted molar refractivity (Wildman–Crippen MR) is 129 cm³/mol. The van der Waals surface area contributed by atoms with Crippen LogP contribution in [0.4, 0.5) is 4.79 Å². The van der Waals surface area contributed by atoms with Crippen LogP contribution >= 0.6 is 0 Å². The Hall–Kier alpha value is -3.16. The van der Waals surface area contributed by atoms with Gasteiger partial charge in [-0.25, -0.2) is 4.79 Å². The van der Waals surface area contributed by atoms with Gasteiger partial charge in [-0.05, 0) is 50.0 Å². The van der Waals surface area contributed by atoms with Crippen molar-refractivity contribution in [1.82, 2.24) is 25.3 Å². The van der Waals surface area contributed by atoms with Crippen LogP contribution in [0.5, 0.6) is 0 Å². The first-order valence-corrected chi connectivity index (χ1v) is 12.0. The molecule has 8 heteroatoms. The Labute approximate surface area is 201 Å². The zero-order chi connectivity index (χ0) is 24.7. The summed E-state index contributed by atoms with van der Waals surface area (Å²) in [5.74, 6) is -0.325. The molecule has 2 N–H and O–H groups in total. The number of rotatable bonds is 6. The fourth-order valence-corrected chi connectivity index (χ4v) is 5.94. The van der Waals surface area contributed by atoms with Crippen LogP contribution in [0.25, 0.3) is 0 Å². The largest absolute Gasteiger partial charge is 0.350 e. The molecule has 2 aromatic rings. The van der Waals surface area contributed by atoms with Crippen LogP contribution in [0.2, 0.25) is 0 Å². The van der Waals surface area contributed by atoms with E-state index in [9.17, 15) is 14.4 Å². The molecule has 0 radical (unpaired) electrons. The minimum Gasteiger partial charge on any atom is -0.350 e. The minimum atomic E-state index is -0.899. The van der Waals surface area contributed by atoms with Crippen molar-refractivity contribution >= 4 is 17.8 Å². The Morgan fingerprint density at radius 1 is 1.18 bits per heavy atom. The Balaban J connectivity index is 1.39. The fraction of sp³-hybridized carbons (Fsp3) is 0.538. The summed E-state index contributed by atoms with van der Waals surface area (Å²) in [5.41, 5.74) is 2.98. The van der Waals surface area contributed by atoms with E-state index in [1.165, 1.54) is 0 Å². The first-order chi connectivity index (χ1) is 16.0. The number of hydrogen-bond donors (Lipinski definition) is 2. The van der Waals surface area contributed by atoms with E-state index in [0.29, 0.717) is 31.8 Å². The summed E-state index contributed by atoms with van der Waals surface area (Å²) in [6.45, 7) is 10.9. The summed E-state index contributed by atoms with van der Waals surface area (Å²) in [5, 5.41) is 10.4. The topological polar surface area (TPSA) is 96.3 Å². The fourth-order valence-electron chi connectivity index (χ4n) is 5.94. The summed E-state index contributed by atoms with van der Waals surface area (Å²) in [6.07, 6.45) is 2.21. The summed E-state index contributed by atoms with van der Waals surface area (Å²) in [7, 11) is 0. The van der Waals surface area contributed by atoms with Crippen LogP contribution in [-0.4, -0.2) is 44.6 Å². The highest BCUT2D eigenvalue weighted by molar-refractivity contribution is 6.09. The third-order valence-corrected chi connectivity index (χ3v) is 7.09.